The Morgan fingerprint density at radius 3 is 2.17 bits per heavy atom. The van der Waals surface area contributed by atoms with Gasteiger partial charge in [-0.1, -0.05) is 6.92 Å². The number of aliphatic carboxylic acids is 2. The molecule has 0 aromatic carbocycles. The summed E-state index contributed by atoms with van der Waals surface area (Å²) >= 11 is 0. The average molecular weight is 352 g/mol. The predicted octanol–water partition coefficient (Wildman–Crippen LogP) is 1.84. The fourth-order valence-electron chi connectivity index (χ4n) is 2.83. The molecule has 2 heterocycles. The van der Waals surface area contributed by atoms with Gasteiger partial charge < -0.3 is 14.9 Å². The highest BCUT2D eigenvalue weighted by atomic mass is 19.4. The fourth-order valence-corrected chi connectivity index (χ4v) is 2.83. The normalized spacial score (nSPS) is 25.0. The molecule has 0 spiro atoms. The van der Waals surface area contributed by atoms with Crippen molar-refractivity contribution in [2.75, 3.05) is 13.2 Å². The van der Waals surface area contributed by atoms with Gasteiger partial charge in [-0.3, -0.25) is 4.90 Å². The van der Waals surface area contributed by atoms with Gasteiger partial charge in [0.05, 0.1) is 13.2 Å². The molecule has 10 heteroatoms. The topological polar surface area (TPSA) is 111 Å². The highest BCUT2D eigenvalue weighted by molar-refractivity contribution is 5.74. The van der Waals surface area contributed by atoms with Crippen LogP contribution in [0.3, 0.4) is 0 Å². The number of hydrogen-bond donors (Lipinski definition) is 2. The molecular formula is C14H19F3N2O5. The minimum atomic E-state index is -5.08. The van der Waals surface area contributed by atoms with Gasteiger partial charge in [0.25, 0.3) is 0 Å². The Kier molecular flexibility index (Phi) is 6.42. The number of hydrogen-bond acceptors (Lipinski definition) is 5. The van der Waals surface area contributed by atoms with E-state index in [1.165, 1.54) is 4.90 Å². The molecule has 2 rings (SSSR count). The van der Waals surface area contributed by atoms with E-state index in [-0.39, 0.29) is 11.5 Å². The van der Waals surface area contributed by atoms with Crippen LogP contribution < -0.4 is 0 Å². The highest BCUT2D eigenvalue weighted by Gasteiger charge is 2.45. The summed E-state index contributed by atoms with van der Waals surface area (Å²) in [6.07, 6.45) is 0.248. The number of carboxylic acid groups (broad SMARTS) is 2. The third-order valence-electron chi connectivity index (χ3n) is 4.38. The Hall–Kier alpha value is -2.02. The number of likely N-dealkylation sites (tertiary alicyclic amines) is 1. The lowest BCUT2D eigenvalue weighted by molar-refractivity contribution is -0.192. The molecule has 2 aliphatic heterocycles. The van der Waals surface area contributed by atoms with E-state index in [4.69, 9.17) is 25.0 Å². The van der Waals surface area contributed by atoms with Crippen molar-refractivity contribution in [1.29, 1.82) is 5.26 Å². The van der Waals surface area contributed by atoms with Gasteiger partial charge >= 0.3 is 18.1 Å². The van der Waals surface area contributed by atoms with Crippen molar-refractivity contribution in [2.45, 2.75) is 50.9 Å². The van der Waals surface area contributed by atoms with E-state index < -0.39 is 24.2 Å². The smallest absolute Gasteiger partial charge is 0.480 e. The van der Waals surface area contributed by atoms with Gasteiger partial charge in [0, 0.05) is 11.5 Å². The Labute approximate surface area is 136 Å². The van der Waals surface area contributed by atoms with E-state index >= 15 is 0 Å². The summed E-state index contributed by atoms with van der Waals surface area (Å²) < 4.78 is 37.0. The largest absolute Gasteiger partial charge is 0.490 e. The SMILES string of the molecule is CCC1(CC2CCC(C(=O)O)N2C#N)COC1.O=C(O)C(F)(F)F. The number of halogens is 3. The summed E-state index contributed by atoms with van der Waals surface area (Å²) in [7, 11) is 0. The van der Waals surface area contributed by atoms with E-state index in [0.717, 1.165) is 32.5 Å². The molecule has 136 valence electrons. The molecular weight excluding hydrogens is 333 g/mol. The number of carbonyl (C=O) groups is 2. The molecule has 0 radical (unpaired) electrons. The van der Waals surface area contributed by atoms with Crippen LogP contribution in [0.4, 0.5) is 13.2 Å². The second kappa shape index (κ2) is 7.70. The van der Waals surface area contributed by atoms with Crippen LogP contribution in [0, 0.1) is 16.9 Å². The maximum atomic E-state index is 11.0. The molecule has 2 saturated heterocycles. The molecule has 0 bridgehead atoms. The second-order valence-electron chi connectivity index (χ2n) is 5.95. The summed E-state index contributed by atoms with van der Waals surface area (Å²) in [4.78, 5) is 21.4. The molecule has 2 unspecified atom stereocenters. The number of alkyl halides is 3. The first kappa shape index (κ1) is 20.0. The molecule has 0 aliphatic carbocycles. The van der Waals surface area contributed by atoms with Crippen molar-refractivity contribution >= 4 is 11.9 Å². The van der Waals surface area contributed by atoms with Gasteiger partial charge in [-0.05, 0) is 25.7 Å². The van der Waals surface area contributed by atoms with E-state index in [2.05, 4.69) is 13.1 Å². The Morgan fingerprint density at radius 1 is 1.33 bits per heavy atom. The Balaban J connectivity index is 0.000000351. The zero-order chi connectivity index (χ0) is 18.5. The zero-order valence-corrected chi connectivity index (χ0v) is 13.0. The van der Waals surface area contributed by atoms with Crippen molar-refractivity contribution in [2.24, 2.45) is 5.41 Å². The summed E-state index contributed by atoms with van der Waals surface area (Å²) in [5.41, 5.74) is 0.174. The summed E-state index contributed by atoms with van der Waals surface area (Å²) in [5.74, 6) is -3.64. The van der Waals surface area contributed by atoms with Crippen LogP contribution in [0.15, 0.2) is 0 Å². The van der Waals surface area contributed by atoms with Crippen molar-refractivity contribution in [3.05, 3.63) is 0 Å². The first-order valence-corrected chi connectivity index (χ1v) is 7.35. The maximum Gasteiger partial charge on any atom is 0.490 e. The molecule has 2 atom stereocenters. The molecule has 0 amide bonds. The van der Waals surface area contributed by atoms with Gasteiger partial charge in [0.1, 0.15) is 6.04 Å². The average Bonchev–Trinajstić information content (AvgIpc) is 2.85. The molecule has 24 heavy (non-hydrogen) atoms. The molecule has 2 fully saturated rings. The summed E-state index contributed by atoms with van der Waals surface area (Å²) in [5, 5.41) is 25.3. The van der Waals surface area contributed by atoms with Crippen LogP contribution in [0.25, 0.3) is 0 Å². The Morgan fingerprint density at radius 2 is 1.88 bits per heavy atom. The number of ether oxygens (including phenoxy) is 1. The Bertz CT molecular complexity index is 508. The van der Waals surface area contributed by atoms with Gasteiger partial charge in [0.2, 0.25) is 0 Å². The van der Waals surface area contributed by atoms with Crippen molar-refractivity contribution in [1.82, 2.24) is 4.90 Å². The van der Waals surface area contributed by atoms with Crippen molar-refractivity contribution in [3.63, 3.8) is 0 Å². The monoisotopic (exact) mass is 352 g/mol. The number of rotatable bonds is 4. The second-order valence-corrected chi connectivity index (χ2v) is 5.95. The number of nitriles is 1. The van der Waals surface area contributed by atoms with Crippen LogP contribution in [0.2, 0.25) is 0 Å². The standard InChI is InChI=1S/C12H18N2O3.C2HF3O2/c1-2-12(6-17-7-12)5-9-3-4-10(11(15)16)14(9)8-13;3-2(4,5)1(6)7/h9-10H,2-7H2,1H3,(H,15,16);(H,6,7). The lowest BCUT2D eigenvalue weighted by atomic mass is 9.77. The van der Waals surface area contributed by atoms with Crippen LogP contribution >= 0.6 is 0 Å². The summed E-state index contributed by atoms with van der Waals surface area (Å²) in [6.45, 7) is 3.62. The number of nitrogens with zero attached hydrogens (tertiary/aromatic N) is 2. The van der Waals surface area contributed by atoms with Crippen molar-refractivity contribution < 1.29 is 37.7 Å². The van der Waals surface area contributed by atoms with Gasteiger partial charge in [-0.15, -0.1) is 0 Å². The fraction of sp³-hybridized carbons (Fsp3) is 0.786. The highest BCUT2D eigenvalue weighted by Crippen LogP contribution is 2.40. The van der Waals surface area contributed by atoms with Crippen LogP contribution in [0.5, 0.6) is 0 Å². The predicted molar refractivity (Wildman–Crippen MR) is 73.7 cm³/mol. The van der Waals surface area contributed by atoms with Gasteiger partial charge in [-0.25, -0.2) is 9.59 Å². The van der Waals surface area contributed by atoms with E-state index in [9.17, 15) is 18.0 Å². The maximum absolute atomic E-state index is 11.0. The third kappa shape index (κ3) is 4.74. The molecule has 2 N–H and O–H groups in total. The molecule has 0 saturated carbocycles. The molecule has 2 aliphatic rings. The minimum absolute atomic E-state index is 0.0740. The zero-order valence-electron chi connectivity index (χ0n) is 13.0. The van der Waals surface area contributed by atoms with Crippen LogP contribution in [0.1, 0.15) is 32.6 Å². The van der Waals surface area contributed by atoms with Crippen molar-refractivity contribution in [3.8, 4) is 6.19 Å². The van der Waals surface area contributed by atoms with E-state index in [1.807, 2.05) is 0 Å². The summed E-state index contributed by atoms with van der Waals surface area (Å²) in [6, 6.07) is -0.551. The first-order valence-electron chi connectivity index (χ1n) is 7.35. The van der Waals surface area contributed by atoms with Crippen LogP contribution in [-0.4, -0.2) is 58.5 Å². The lowest BCUT2D eigenvalue weighted by Gasteiger charge is -2.43. The van der Waals surface area contributed by atoms with Crippen LogP contribution in [-0.2, 0) is 14.3 Å². The first-order chi connectivity index (χ1) is 11.1. The van der Waals surface area contributed by atoms with E-state index in [0.29, 0.717) is 6.42 Å². The quantitative estimate of drug-likeness (QED) is 0.743. The lowest BCUT2D eigenvalue weighted by Crippen LogP contribution is -2.47. The van der Waals surface area contributed by atoms with Gasteiger partial charge in [-0.2, -0.15) is 18.4 Å². The molecule has 0 aromatic heterocycles. The minimum Gasteiger partial charge on any atom is -0.480 e. The number of carboxylic acids is 2. The van der Waals surface area contributed by atoms with Gasteiger partial charge in [0.15, 0.2) is 6.19 Å². The van der Waals surface area contributed by atoms with E-state index in [1.54, 1.807) is 0 Å². The molecule has 7 nitrogen and oxygen atoms in total. The molecule has 0 aromatic rings. The third-order valence-corrected chi connectivity index (χ3v) is 4.38.